The van der Waals surface area contributed by atoms with E-state index in [1.807, 2.05) is 0 Å². The molecule has 2 atom stereocenters. The number of carbonyl (C=O) groups is 1. The van der Waals surface area contributed by atoms with E-state index in [2.05, 4.69) is 37.7 Å². The third-order valence-electron chi connectivity index (χ3n) is 6.49. The van der Waals surface area contributed by atoms with E-state index in [9.17, 15) is 4.79 Å². The topological polar surface area (TPSA) is 57.7 Å². The molecule has 6 nitrogen and oxygen atoms in total. The van der Waals surface area contributed by atoms with Crippen molar-refractivity contribution in [3.05, 3.63) is 23.9 Å². The van der Waals surface area contributed by atoms with Crippen LogP contribution in [0.2, 0.25) is 0 Å². The Bertz CT molecular complexity index is 846. The second-order valence-electron chi connectivity index (χ2n) is 8.02. The van der Waals surface area contributed by atoms with E-state index in [0.29, 0.717) is 17.7 Å². The Kier molecular flexibility index (Phi) is 4.53. The standard InChI is InChI=1S/C20H26N4O2S/c1-26-15-6-9-24(11-15)14-2-3-16-18(10-14)27-22-19(16)20(25)21-17-12-23-7-4-13(17)5-8-23/h2-3,10,13,15,17H,4-9,11-12H2,1H3,(H,21,25)/t15-,17?/m1/s1. The number of fused-ring (bicyclic) bond motifs is 4. The smallest absolute Gasteiger partial charge is 0.271 e. The van der Waals surface area contributed by atoms with E-state index in [1.54, 1.807) is 7.11 Å². The maximum atomic E-state index is 12.9. The van der Waals surface area contributed by atoms with Crippen molar-refractivity contribution < 1.29 is 9.53 Å². The summed E-state index contributed by atoms with van der Waals surface area (Å²) in [6.07, 6.45) is 3.77. The molecule has 4 aliphatic rings. The summed E-state index contributed by atoms with van der Waals surface area (Å²) in [5.41, 5.74) is 1.77. The minimum Gasteiger partial charge on any atom is -0.380 e. The molecule has 144 valence electrons. The van der Waals surface area contributed by atoms with Crippen LogP contribution in [0.4, 0.5) is 5.69 Å². The van der Waals surface area contributed by atoms with Crippen molar-refractivity contribution in [3.8, 4) is 0 Å². The lowest BCUT2D eigenvalue weighted by atomic mass is 9.84. The summed E-state index contributed by atoms with van der Waals surface area (Å²) in [4.78, 5) is 17.7. The number of aromatic nitrogens is 1. The van der Waals surface area contributed by atoms with E-state index >= 15 is 0 Å². The average Bonchev–Trinajstić information content (AvgIpc) is 3.35. The lowest BCUT2D eigenvalue weighted by Gasteiger charge is -2.44. The first-order valence-electron chi connectivity index (χ1n) is 9.91. The molecule has 2 bridgehead atoms. The molecule has 1 amide bonds. The highest BCUT2D eigenvalue weighted by atomic mass is 32.1. The van der Waals surface area contributed by atoms with Gasteiger partial charge in [-0.3, -0.25) is 4.79 Å². The van der Waals surface area contributed by atoms with Crippen LogP contribution in [0.25, 0.3) is 10.1 Å². The fourth-order valence-electron chi connectivity index (χ4n) is 4.81. The Hall–Kier alpha value is -1.70. The van der Waals surface area contributed by atoms with E-state index in [0.717, 1.165) is 36.1 Å². The number of hydrogen-bond donors (Lipinski definition) is 1. The summed E-state index contributed by atoms with van der Waals surface area (Å²) in [5.74, 6) is 0.604. The van der Waals surface area contributed by atoms with Gasteiger partial charge in [0.1, 0.15) is 5.69 Å². The Morgan fingerprint density at radius 2 is 2.07 bits per heavy atom. The highest BCUT2D eigenvalue weighted by Crippen LogP contribution is 2.31. The molecule has 4 aliphatic heterocycles. The number of nitrogens with zero attached hydrogens (tertiary/aromatic N) is 3. The summed E-state index contributed by atoms with van der Waals surface area (Å²) in [5, 5.41) is 4.23. The number of rotatable bonds is 4. The van der Waals surface area contributed by atoms with Crippen LogP contribution in [0.5, 0.6) is 0 Å². The molecular formula is C20H26N4O2S. The van der Waals surface area contributed by atoms with Crippen LogP contribution < -0.4 is 10.2 Å². The summed E-state index contributed by atoms with van der Waals surface area (Å²) in [6, 6.07) is 6.60. The summed E-state index contributed by atoms with van der Waals surface area (Å²) in [7, 11) is 1.78. The fourth-order valence-corrected chi connectivity index (χ4v) is 5.61. The van der Waals surface area contributed by atoms with E-state index in [4.69, 9.17) is 4.74 Å². The van der Waals surface area contributed by atoms with Gasteiger partial charge in [-0.05, 0) is 68.0 Å². The Labute approximate surface area is 163 Å². The highest BCUT2D eigenvalue weighted by molar-refractivity contribution is 7.13. The number of nitrogens with one attached hydrogen (secondary N) is 1. The molecular weight excluding hydrogens is 360 g/mol. The van der Waals surface area contributed by atoms with Crippen molar-refractivity contribution in [2.75, 3.05) is 44.7 Å². The number of methoxy groups -OCH3 is 1. The van der Waals surface area contributed by atoms with Crippen LogP contribution >= 0.6 is 11.5 Å². The lowest BCUT2D eigenvalue weighted by Crippen LogP contribution is -2.57. The monoisotopic (exact) mass is 386 g/mol. The average molecular weight is 387 g/mol. The van der Waals surface area contributed by atoms with Gasteiger partial charge < -0.3 is 19.9 Å². The minimum absolute atomic E-state index is 0.0200. The number of ether oxygens (including phenoxy) is 1. The molecule has 2 aromatic rings. The van der Waals surface area contributed by atoms with Gasteiger partial charge in [0.2, 0.25) is 0 Å². The second-order valence-corrected chi connectivity index (χ2v) is 8.83. The first kappa shape index (κ1) is 17.4. The molecule has 27 heavy (non-hydrogen) atoms. The Morgan fingerprint density at radius 3 is 2.78 bits per heavy atom. The first-order valence-corrected chi connectivity index (χ1v) is 10.7. The zero-order chi connectivity index (χ0) is 18.4. The number of benzene rings is 1. The van der Waals surface area contributed by atoms with Crippen LogP contribution in [0.3, 0.4) is 0 Å². The van der Waals surface area contributed by atoms with Gasteiger partial charge in [0, 0.05) is 43.9 Å². The van der Waals surface area contributed by atoms with Crippen LogP contribution in [-0.4, -0.2) is 67.2 Å². The third kappa shape index (κ3) is 3.22. The summed E-state index contributed by atoms with van der Waals surface area (Å²) >= 11 is 1.42. The predicted octanol–water partition coefficient (Wildman–Crippen LogP) is 2.35. The second kappa shape index (κ2) is 7.04. The van der Waals surface area contributed by atoms with Gasteiger partial charge in [-0.2, -0.15) is 4.37 Å². The third-order valence-corrected chi connectivity index (χ3v) is 7.30. The van der Waals surface area contributed by atoms with E-state index in [-0.39, 0.29) is 11.9 Å². The maximum absolute atomic E-state index is 12.9. The quantitative estimate of drug-likeness (QED) is 0.874. The lowest BCUT2D eigenvalue weighted by molar-refractivity contribution is 0.0619. The molecule has 7 heteroatoms. The van der Waals surface area contributed by atoms with Gasteiger partial charge in [0.25, 0.3) is 5.91 Å². The zero-order valence-corrected chi connectivity index (χ0v) is 16.5. The van der Waals surface area contributed by atoms with Crippen molar-refractivity contribution in [3.63, 3.8) is 0 Å². The predicted molar refractivity (Wildman–Crippen MR) is 108 cm³/mol. The minimum atomic E-state index is -0.0200. The van der Waals surface area contributed by atoms with Crippen molar-refractivity contribution in [1.82, 2.24) is 14.6 Å². The Morgan fingerprint density at radius 1 is 1.22 bits per heavy atom. The number of amides is 1. The highest BCUT2D eigenvalue weighted by Gasteiger charge is 2.35. The maximum Gasteiger partial charge on any atom is 0.271 e. The van der Waals surface area contributed by atoms with E-state index < -0.39 is 0 Å². The van der Waals surface area contributed by atoms with Crippen molar-refractivity contribution in [2.24, 2.45) is 5.92 Å². The number of anilines is 1. The zero-order valence-electron chi connectivity index (χ0n) is 15.7. The molecule has 1 aromatic heterocycles. The van der Waals surface area contributed by atoms with Gasteiger partial charge in [0.15, 0.2) is 0 Å². The SMILES string of the molecule is CO[C@@H]1CCN(c2ccc3c(C(=O)NC4CN5CCC4CC5)nsc3c2)C1. The molecule has 4 saturated heterocycles. The number of carbonyl (C=O) groups excluding carboxylic acids is 1. The van der Waals surface area contributed by atoms with Gasteiger partial charge in [-0.15, -0.1) is 0 Å². The van der Waals surface area contributed by atoms with Crippen LogP contribution in [0, 0.1) is 5.92 Å². The van der Waals surface area contributed by atoms with Crippen LogP contribution in [0.15, 0.2) is 18.2 Å². The van der Waals surface area contributed by atoms with E-state index in [1.165, 1.54) is 43.2 Å². The van der Waals surface area contributed by atoms with Crippen molar-refractivity contribution in [2.45, 2.75) is 31.4 Å². The first-order chi connectivity index (χ1) is 13.2. The molecule has 0 radical (unpaired) electrons. The number of piperidine rings is 3. The molecule has 0 saturated carbocycles. The molecule has 6 rings (SSSR count). The largest absolute Gasteiger partial charge is 0.380 e. The van der Waals surface area contributed by atoms with Crippen LogP contribution in [0.1, 0.15) is 29.8 Å². The molecule has 5 heterocycles. The fraction of sp³-hybridized carbons (Fsp3) is 0.600. The van der Waals surface area contributed by atoms with Crippen molar-refractivity contribution in [1.29, 1.82) is 0 Å². The van der Waals surface area contributed by atoms with Gasteiger partial charge >= 0.3 is 0 Å². The van der Waals surface area contributed by atoms with Gasteiger partial charge in [-0.1, -0.05) is 0 Å². The molecule has 1 aromatic carbocycles. The molecule has 0 aliphatic carbocycles. The molecule has 4 fully saturated rings. The summed E-state index contributed by atoms with van der Waals surface area (Å²) < 4.78 is 11.0. The van der Waals surface area contributed by atoms with Gasteiger partial charge in [0.05, 0.1) is 10.8 Å². The molecule has 1 N–H and O–H groups in total. The van der Waals surface area contributed by atoms with Crippen molar-refractivity contribution >= 4 is 33.2 Å². The van der Waals surface area contributed by atoms with Gasteiger partial charge in [-0.25, -0.2) is 0 Å². The number of hydrogen-bond acceptors (Lipinski definition) is 6. The summed E-state index contributed by atoms with van der Waals surface area (Å²) in [6.45, 7) is 5.28. The molecule has 0 spiro atoms. The van der Waals surface area contributed by atoms with Crippen LogP contribution in [-0.2, 0) is 4.74 Å². The normalized spacial score (nSPS) is 30.2. The Balaban J connectivity index is 1.33. The molecule has 1 unspecified atom stereocenters.